The number of hydrogen-bond acceptors (Lipinski definition) is 7. The topological polar surface area (TPSA) is 131 Å². The van der Waals surface area contributed by atoms with Crippen LogP contribution < -0.4 is 16.7 Å². The smallest absolute Gasteiger partial charge is 0.349 e. The van der Waals surface area contributed by atoms with Crippen LogP contribution in [-0.4, -0.2) is 63.0 Å². The molecule has 1 rings (SSSR count). The molecule has 146 valence electrons. The van der Waals surface area contributed by atoms with Crippen molar-refractivity contribution < 1.29 is 14.7 Å². The zero-order chi connectivity index (χ0) is 19.9. The van der Waals surface area contributed by atoms with Crippen molar-refractivity contribution >= 4 is 17.5 Å². The maximum Gasteiger partial charge on any atom is 0.349 e. The van der Waals surface area contributed by atoms with Gasteiger partial charge in [-0.05, 0) is 6.07 Å². The normalized spacial score (nSPS) is 12.4. The zero-order valence-electron chi connectivity index (χ0n) is 15.8. The summed E-state index contributed by atoms with van der Waals surface area (Å²) in [5, 5.41) is 12.7. The minimum absolute atomic E-state index is 0.0759. The van der Waals surface area contributed by atoms with E-state index in [-0.39, 0.29) is 55.8 Å². The number of aromatic nitrogens is 2. The highest BCUT2D eigenvalue weighted by Crippen LogP contribution is 2.03. The lowest BCUT2D eigenvalue weighted by Gasteiger charge is -2.28. The maximum atomic E-state index is 12.7. The number of rotatable bonds is 10. The molecule has 0 fully saturated rings. The Morgan fingerprint density at radius 3 is 2.50 bits per heavy atom. The van der Waals surface area contributed by atoms with Crippen LogP contribution in [0, 0.1) is 5.92 Å². The van der Waals surface area contributed by atoms with Crippen LogP contribution in [0.1, 0.15) is 27.7 Å². The number of anilines is 1. The van der Waals surface area contributed by atoms with Crippen molar-refractivity contribution in [2.24, 2.45) is 5.92 Å². The summed E-state index contributed by atoms with van der Waals surface area (Å²) in [6.45, 7) is 7.01. The van der Waals surface area contributed by atoms with Crippen LogP contribution in [0.3, 0.4) is 0 Å². The number of aliphatic hydroxyl groups excluding tert-OH is 1. The van der Waals surface area contributed by atoms with Crippen molar-refractivity contribution in [3.8, 4) is 0 Å². The number of Topliss-reactive ketones (excluding diaryl/α,β-unsaturated/α-hetero) is 1. The Hall–Kier alpha value is -2.26. The Labute approximate surface area is 153 Å². The summed E-state index contributed by atoms with van der Waals surface area (Å²) in [6, 6.07) is 1.16. The molecule has 1 atom stereocenters. The highest BCUT2D eigenvalue weighted by atomic mass is 16.3. The second-order valence-corrected chi connectivity index (χ2v) is 6.86. The lowest BCUT2D eigenvalue weighted by Crippen LogP contribution is -2.50. The largest absolute Gasteiger partial charge is 0.395 e. The standard InChI is InChI=1S/C17H29N5O4/c1-11(2)14(24)8-22(7-13(10-23)19-12(3)4)16(25)9-21-6-5-15(18)20-17(21)26/h5-6,11-13,19,23H,7-10H2,1-4H3,(H2,18,20,26)/t13-/m1/s1. The molecule has 1 aromatic rings. The third-order valence-electron chi connectivity index (χ3n) is 3.77. The predicted molar refractivity (Wildman–Crippen MR) is 98.5 cm³/mol. The fourth-order valence-electron chi connectivity index (χ4n) is 2.33. The van der Waals surface area contributed by atoms with Crippen molar-refractivity contribution in [2.75, 3.05) is 25.4 Å². The average molecular weight is 367 g/mol. The Morgan fingerprint density at radius 1 is 1.35 bits per heavy atom. The second-order valence-electron chi connectivity index (χ2n) is 6.86. The van der Waals surface area contributed by atoms with E-state index in [2.05, 4.69) is 10.3 Å². The van der Waals surface area contributed by atoms with Gasteiger partial charge in [0.25, 0.3) is 0 Å². The molecule has 1 amide bonds. The molecule has 0 spiro atoms. The molecule has 0 aliphatic heterocycles. The molecular formula is C17H29N5O4. The van der Waals surface area contributed by atoms with E-state index >= 15 is 0 Å². The van der Waals surface area contributed by atoms with Gasteiger partial charge in [-0.25, -0.2) is 4.79 Å². The van der Waals surface area contributed by atoms with E-state index in [1.807, 2.05) is 13.8 Å². The number of carbonyl (C=O) groups is 2. The maximum absolute atomic E-state index is 12.7. The van der Waals surface area contributed by atoms with Crippen LogP contribution in [0.5, 0.6) is 0 Å². The summed E-state index contributed by atoms with van der Waals surface area (Å²) in [5.41, 5.74) is 4.82. The van der Waals surface area contributed by atoms with E-state index in [0.717, 1.165) is 4.57 Å². The summed E-state index contributed by atoms with van der Waals surface area (Å²) >= 11 is 0. The summed E-state index contributed by atoms with van der Waals surface area (Å²) in [6.07, 6.45) is 1.39. The minimum atomic E-state index is -0.632. The quantitative estimate of drug-likeness (QED) is 0.495. The van der Waals surface area contributed by atoms with Crippen LogP contribution >= 0.6 is 0 Å². The molecule has 9 heteroatoms. The van der Waals surface area contributed by atoms with Crippen molar-refractivity contribution in [1.82, 2.24) is 19.8 Å². The van der Waals surface area contributed by atoms with Gasteiger partial charge in [-0.1, -0.05) is 27.7 Å². The molecule has 1 heterocycles. The van der Waals surface area contributed by atoms with Gasteiger partial charge in [0.05, 0.1) is 13.2 Å². The number of nitrogens with one attached hydrogen (secondary N) is 1. The Bertz CT molecular complexity index is 671. The molecular weight excluding hydrogens is 338 g/mol. The number of ketones is 1. The van der Waals surface area contributed by atoms with Gasteiger partial charge in [0.15, 0.2) is 5.78 Å². The molecule has 0 bridgehead atoms. The summed E-state index contributed by atoms with van der Waals surface area (Å²) in [4.78, 5) is 41.6. The van der Waals surface area contributed by atoms with Crippen LogP contribution in [-0.2, 0) is 16.1 Å². The van der Waals surface area contributed by atoms with Gasteiger partial charge in [0.1, 0.15) is 12.4 Å². The Morgan fingerprint density at radius 2 is 2.00 bits per heavy atom. The van der Waals surface area contributed by atoms with Crippen LogP contribution in [0.4, 0.5) is 5.82 Å². The third-order valence-corrected chi connectivity index (χ3v) is 3.77. The van der Waals surface area contributed by atoms with Crippen molar-refractivity contribution in [3.05, 3.63) is 22.7 Å². The average Bonchev–Trinajstić information content (AvgIpc) is 2.55. The Balaban J connectivity index is 2.95. The molecule has 0 saturated carbocycles. The summed E-state index contributed by atoms with van der Waals surface area (Å²) in [5.74, 6) is -0.650. The third kappa shape index (κ3) is 6.93. The number of aliphatic hydroxyl groups is 1. The van der Waals surface area contributed by atoms with Crippen LogP contribution in [0.25, 0.3) is 0 Å². The number of amides is 1. The molecule has 0 saturated heterocycles. The lowest BCUT2D eigenvalue weighted by atomic mass is 10.1. The monoisotopic (exact) mass is 367 g/mol. The van der Waals surface area contributed by atoms with E-state index in [4.69, 9.17) is 5.73 Å². The van der Waals surface area contributed by atoms with Gasteiger partial charge in [0, 0.05) is 30.7 Å². The Kier molecular flexibility index (Phi) is 8.40. The fourth-order valence-corrected chi connectivity index (χ4v) is 2.33. The van der Waals surface area contributed by atoms with Gasteiger partial charge >= 0.3 is 5.69 Å². The minimum Gasteiger partial charge on any atom is -0.395 e. The van der Waals surface area contributed by atoms with E-state index in [9.17, 15) is 19.5 Å². The number of nitrogen functional groups attached to an aromatic ring is 1. The molecule has 1 aromatic heterocycles. The van der Waals surface area contributed by atoms with Crippen LogP contribution in [0.15, 0.2) is 17.1 Å². The van der Waals surface area contributed by atoms with Gasteiger partial charge in [0.2, 0.25) is 5.91 Å². The van der Waals surface area contributed by atoms with E-state index < -0.39 is 11.6 Å². The molecule has 0 radical (unpaired) electrons. The van der Waals surface area contributed by atoms with Crippen molar-refractivity contribution in [1.29, 1.82) is 0 Å². The molecule has 26 heavy (non-hydrogen) atoms. The first-order valence-corrected chi connectivity index (χ1v) is 8.64. The van der Waals surface area contributed by atoms with Gasteiger partial charge in [-0.3, -0.25) is 14.2 Å². The number of carbonyl (C=O) groups excluding carboxylic acids is 2. The first-order valence-electron chi connectivity index (χ1n) is 8.64. The molecule has 9 nitrogen and oxygen atoms in total. The first kappa shape index (κ1) is 21.8. The molecule has 0 aromatic carbocycles. The molecule has 0 unspecified atom stereocenters. The first-order chi connectivity index (χ1) is 12.1. The number of nitrogens with two attached hydrogens (primary N) is 1. The van der Waals surface area contributed by atoms with Crippen molar-refractivity contribution in [3.63, 3.8) is 0 Å². The van der Waals surface area contributed by atoms with E-state index in [1.54, 1.807) is 13.8 Å². The second kappa shape index (κ2) is 10.0. The van der Waals surface area contributed by atoms with Gasteiger partial charge in [-0.15, -0.1) is 0 Å². The fraction of sp³-hybridized carbons (Fsp3) is 0.647. The van der Waals surface area contributed by atoms with Crippen LogP contribution in [0.2, 0.25) is 0 Å². The molecule has 4 N–H and O–H groups in total. The summed E-state index contributed by atoms with van der Waals surface area (Å²) in [7, 11) is 0. The molecule has 0 aliphatic carbocycles. The van der Waals surface area contributed by atoms with E-state index in [1.165, 1.54) is 17.2 Å². The highest BCUT2D eigenvalue weighted by Gasteiger charge is 2.23. The van der Waals surface area contributed by atoms with Gasteiger partial charge < -0.3 is 21.1 Å². The number of hydrogen-bond donors (Lipinski definition) is 3. The summed E-state index contributed by atoms with van der Waals surface area (Å²) < 4.78 is 1.13. The highest BCUT2D eigenvalue weighted by molar-refractivity contribution is 5.87. The SMILES string of the molecule is CC(C)N[C@@H](CO)CN(CC(=O)C(C)C)C(=O)Cn1ccc(N)nc1=O. The lowest BCUT2D eigenvalue weighted by molar-refractivity contribution is -0.137. The van der Waals surface area contributed by atoms with E-state index in [0.29, 0.717) is 0 Å². The molecule has 0 aliphatic rings. The van der Waals surface area contributed by atoms with Gasteiger partial charge in [-0.2, -0.15) is 4.98 Å². The number of nitrogens with zero attached hydrogens (tertiary/aromatic N) is 3. The zero-order valence-corrected chi connectivity index (χ0v) is 15.8. The predicted octanol–water partition coefficient (Wildman–Crippen LogP) is -0.762. The van der Waals surface area contributed by atoms with Crippen molar-refractivity contribution in [2.45, 2.75) is 46.3 Å².